The molecule has 10 heteroatoms. The Balaban J connectivity index is 2.78. The molecule has 0 aromatic heterocycles. The third-order valence-electron chi connectivity index (χ3n) is 6.43. The number of phosphoric ester groups is 1. The van der Waals surface area contributed by atoms with Gasteiger partial charge in [0.2, 0.25) is 0 Å². The van der Waals surface area contributed by atoms with Gasteiger partial charge in [0.25, 0.3) is 5.91 Å². The maximum atomic E-state index is 13.9. The number of carbonyl (C=O) groups excluding carboxylic acids is 2. The average Bonchev–Trinajstić information content (AvgIpc) is 2.85. The van der Waals surface area contributed by atoms with Crippen molar-refractivity contribution >= 4 is 19.7 Å². The van der Waals surface area contributed by atoms with Crippen LogP contribution in [0, 0.1) is 0 Å². The lowest BCUT2D eigenvalue weighted by Crippen LogP contribution is -2.41. The largest absolute Gasteiger partial charge is 0.530 e. The highest BCUT2D eigenvalue weighted by Crippen LogP contribution is 2.53. The number of phosphoric acid groups is 1. The highest BCUT2D eigenvalue weighted by molar-refractivity contribution is 7.49. The molecule has 1 atom stereocenters. The molecule has 9 nitrogen and oxygen atoms in total. The van der Waals surface area contributed by atoms with Crippen molar-refractivity contribution in [1.29, 1.82) is 0 Å². The maximum absolute atomic E-state index is 13.9. The van der Waals surface area contributed by atoms with E-state index in [1.54, 1.807) is 54.5 Å². The molecule has 2 rings (SSSR count). The van der Waals surface area contributed by atoms with Gasteiger partial charge in [0.05, 0.1) is 24.2 Å². The van der Waals surface area contributed by atoms with Gasteiger partial charge in [-0.25, -0.2) is 4.57 Å². The monoisotopic (exact) mass is 619 g/mol. The van der Waals surface area contributed by atoms with E-state index in [1.165, 1.54) is 6.07 Å². The zero-order valence-corrected chi connectivity index (χ0v) is 28.2. The molecule has 1 unspecified atom stereocenters. The first kappa shape index (κ1) is 36.5. The Kier molecular flexibility index (Phi) is 13.0. The van der Waals surface area contributed by atoms with Gasteiger partial charge in [-0.2, -0.15) is 0 Å². The Labute approximate surface area is 257 Å². The van der Waals surface area contributed by atoms with E-state index in [0.29, 0.717) is 24.0 Å². The molecule has 0 aliphatic rings. The minimum Gasteiger partial charge on any atom is -0.460 e. The highest BCUT2D eigenvalue weighted by Gasteiger charge is 2.35. The van der Waals surface area contributed by atoms with E-state index in [-0.39, 0.29) is 30.3 Å². The molecular weight excluding hydrogens is 569 g/mol. The zero-order chi connectivity index (χ0) is 32.6. The van der Waals surface area contributed by atoms with Gasteiger partial charge in [-0.15, -0.1) is 0 Å². The van der Waals surface area contributed by atoms with E-state index in [2.05, 4.69) is 5.32 Å². The van der Waals surface area contributed by atoms with Crippen LogP contribution in [0.25, 0.3) is 0 Å². The molecule has 0 fully saturated rings. The standard InChI is InChI=1S/C33H50NO8P/c1-11-24(17-18-35)30-25(21-29(36)39-32(6,7)8)19-26(31(37)34-33(9,10)27-15-13-12-14-16-27)20-28(30)42-43(38,40-22(2)3)41-23(4)5/h12-16,19-20,22-24,35H,11,17-18,21H2,1-10H3,(H,34,37). The molecule has 2 N–H and O–H groups in total. The second-order valence-electron chi connectivity index (χ2n) is 12.7. The fourth-order valence-electron chi connectivity index (χ4n) is 4.73. The smallest absolute Gasteiger partial charge is 0.460 e. The third kappa shape index (κ3) is 11.4. The number of hydrogen-bond acceptors (Lipinski definition) is 8. The number of benzene rings is 2. The van der Waals surface area contributed by atoms with Crippen LogP contribution in [0.5, 0.6) is 5.75 Å². The van der Waals surface area contributed by atoms with Gasteiger partial charge in [-0.05, 0) is 104 Å². The Morgan fingerprint density at radius 3 is 2.02 bits per heavy atom. The van der Waals surface area contributed by atoms with E-state index < -0.39 is 43.0 Å². The summed E-state index contributed by atoms with van der Waals surface area (Å²) in [6, 6.07) is 12.7. The topological polar surface area (TPSA) is 120 Å². The van der Waals surface area contributed by atoms with Crippen LogP contribution >= 0.6 is 7.82 Å². The molecule has 0 heterocycles. The summed E-state index contributed by atoms with van der Waals surface area (Å²) in [5.74, 6) is -1.12. The van der Waals surface area contributed by atoms with Gasteiger partial charge in [0.15, 0.2) is 0 Å². The predicted molar refractivity (Wildman–Crippen MR) is 168 cm³/mol. The molecule has 0 aliphatic carbocycles. The summed E-state index contributed by atoms with van der Waals surface area (Å²) in [4.78, 5) is 26.9. The third-order valence-corrected chi connectivity index (χ3v) is 8.21. The van der Waals surface area contributed by atoms with Crippen LogP contribution in [0.4, 0.5) is 0 Å². The second kappa shape index (κ2) is 15.3. The van der Waals surface area contributed by atoms with Gasteiger partial charge in [0.1, 0.15) is 11.4 Å². The average molecular weight is 620 g/mol. The van der Waals surface area contributed by atoms with Gasteiger partial charge in [0, 0.05) is 17.7 Å². The molecule has 0 saturated carbocycles. The van der Waals surface area contributed by atoms with Crippen LogP contribution in [0.1, 0.15) is 115 Å². The lowest BCUT2D eigenvalue weighted by atomic mass is 9.86. The molecule has 240 valence electrons. The number of esters is 1. The molecule has 2 aromatic carbocycles. The maximum Gasteiger partial charge on any atom is 0.530 e. The van der Waals surface area contributed by atoms with Crippen LogP contribution in [0.2, 0.25) is 0 Å². The van der Waals surface area contributed by atoms with E-state index in [9.17, 15) is 19.3 Å². The minimum absolute atomic E-state index is 0.0914. The Morgan fingerprint density at radius 1 is 0.953 bits per heavy atom. The van der Waals surface area contributed by atoms with Gasteiger partial charge >= 0.3 is 13.8 Å². The molecular formula is C33H50NO8P. The highest BCUT2D eigenvalue weighted by atomic mass is 31.2. The van der Waals surface area contributed by atoms with Gasteiger partial charge in [-0.3, -0.25) is 18.6 Å². The summed E-state index contributed by atoms with van der Waals surface area (Å²) in [6.45, 7) is 17.8. The Bertz CT molecular complexity index is 1250. The van der Waals surface area contributed by atoms with Crippen LogP contribution in [0.3, 0.4) is 0 Å². The van der Waals surface area contributed by atoms with Crippen molar-refractivity contribution in [2.45, 2.75) is 118 Å². The number of ether oxygens (including phenoxy) is 1. The van der Waals surface area contributed by atoms with Gasteiger partial charge < -0.3 is 19.7 Å². The second-order valence-corrected chi connectivity index (χ2v) is 14.2. The minimum atomic E-state index is -4.19. The molecule has 0 aliphatic heterocycles. The van der Waals surface area contributed by atoms with Gasteiger partial charge in [-0.1, -0.05) is 37.3 Å². The summed E-state index contributed by atoms with van der Waals surface area (Å²) in [5, 5.41) is 13.0. The van der Waals surface area contributed by atoms with E-state index in [0.717, 1.165) is 5.56 Å². The van der Waals surface area contributed by atoms with E-state index >= 15 is 0 Å². The Morgan fingerprint density at radius 2 is 1.53 bits per heavy atom. The molecule has 0 saturated heterocycles. The first-order valence-electron chi connectivity index (χ1n) is 14.9. The fraction of sp³-hybridized carbons (Fsp3) is 0.576. The number of aliphatic hydroxyl groups excluding tert-OH is 1. The first-order valence-corrected chi connectivity index (χ1v) is 16.4. The first-order chi connectivity index (χ1) is 19.9. The number of nitrogens with one attached hydrogen (secondary N) is 1. The SMILES string of the molecule is CCC(CCO)c1c(CC(=O)OC(C)(C)C)cc(C(=O)NC(C)(C)c2ccccc2)cc1OP(=O)(OC(C)C)OC(C)C. The van der Waals surface area contributed by atoms with Crippen molar-refractivity contribution < 1.29 is 37.6 Å². The van der Waals surface area contributed by atoms with Crippen molar-refractivity contribution in [3.05, 3.63) is 64.7 Å². The normalized spacial score (nSPS) is 13.2. The summed E-state index contributed by atoms with van der Waals surface area (Å²) >= 11 is 0. The number of amides is 1. The molecule has 43 heavy (non-hydrogen) atoms. The van der Waals surface area contributed by atoms with Crippen molar-refractivity contribution in [3.8, 4) is 5.75 Å². The summed E-state index contributed by atoms with van der Waals surface area (Å²) in [7, 11) is -4.19. The number of hydrogen-bond donors (Lipinski definition) is 2. The molecule has 0 radical (unpaired) electrons. The van der Waals surface area contributed by atoms with Crippen molar-refractivity contribution in [2.24, 2.45) is 0 Å². The lowest BCUT2D eigenvalue weighted by Gasteiger charge is -2.29. The number of aliphatic hydroxyl groups is 1. The van der Waals surface area contributed by atoms with Crippen molar-refractivity contribution in [2.75, 3.05) is 6.61 Å². The van der Waals surface area contributed by atoms with Crippen LogP contribution in [-0.4, -0.2) is 41.4 Å². The van der Waals surface area contributed by atoms with Crippen molar-refractivity contribution in [3.63, 3.8) is 0 Å². The van der Waals surface area contributed by atoms with E-state index in [1.807, 2.05) is 51.1 Å². The Hall–Kier alpha value is -2.71. The number of carbonyl (C=O) groups is 2. The zero-order valence-electron chi connectivity index (χ0n) is 27.4. The lowest BCUT2D eigenvalue weighted by molar-refractivity contribution is -0.153. The fourth-order valence-corrected chi connectivity index (χ4v) is 6.29. The summed E-state index contributed by atoms with van der Waals surface area (Å²) < 4.78 is 37.0. The molecule has 0 spiro atoms. The van der Waals surface area contributed by atoms with Crippen LogP contribution in [0.15, 0.2) is 42.5 Å². The van der Waals surface area contributed by atoms with E-state index in [4.69, 9.17) is 18.3 Å². The summed E-state index contributed by atoms with van der Waals surface area (Å²) in [5.41, 5.74) is 0.645. The molecule has 2 aromatic rings. The van der Waals surface area contributed by atoms with Crippen molar-refractivity contribution in [1.82, 2.24) is 5.32 Å². The number of rotatable bonds is 15. The van der Waals surface area contributed by atoms with Crippen LogP contribution in [-0.2, 0) is 35.1 Å². The summed E-state index contributed by atoms with van der Waals surface area (Å²) in [6.07, 6.45) is -0.237. The quantitative estimate of drug-likeness (QED) is 0.156. The molecule has 0 bridgehead atoms. The van der Waals surface area contributed by atoms with Crippen LogP contribution < -0.4 is 9.84 Å². The predicted octanol–water partition coefficient (Wildman–Crippen LogP) is 7.45. The molecule has 1 amide bonds.